The highest BCUT2D eigenvalue weighted by atomic mass is 14.7. The van der Waals surface area contributed by atoms with Crippen LogP contribution in [0.15, 0.2) is 53.5 Å². The molecule has 0 aromatic heterocycles. The summed E-state index contributed by atoms with van der Waals surface area (Å²) >= 11 is 0. The molecule has 0 fully saturated rings. The molecule has 0 aliphatic heterocycles. The summed E-state index contributed by atoms with van der Waals surface area (Å²) in [6, 6.07) is 16.8. The number of hydrogen-bond donors (Lipinski definition) is 1. The molecule has 0 aliphatic rings. The summed E-state index contributed by atoms with van der Waals surface area (Å²) in [5.41, 5.74) is 8.41. The van der Waals surface area contributed by atoms with E-state index < -0.39 is 0 Å². The lowest BCUT2D eigenvalue weighted by Gasteiger charge is -2.14. The first-order chi connectivity index (χ1) is 9.36. The molecule has 2 N–H and O–H groups in total. The number of fused-ring (bicyclic) bond motifs is 2. The Kier molecular flexibility index (Phi) is 3.02. The lowest BCUT2D eigenvalue weighted by atomic mass is 9.92. The van der Waals surface area contributed by atoms with Crippen molar-refractivity contribution in [2.45, 2.75) is 13.1 Å². The van der Waals surface area contributed by atoms with E-state index in [9.17, 15) is 0 Å². The highest BCUT2D eigenvalue weighted by Gasteiger charge is 2.11. The van der Waals surface area contributed by atoms with Gasteiger partial charge in [0.15, 0.2) is 0 Å². The minimum atomic E-state index is 0.544. The number of rotatable bonds is 3. The molecule has 3 aromatic rings. The van der Waals surface area contributed by atoms with Crippen LogP contribution < -0.4 is 5.73 Å². The standard InChI is InChI=1S/C17H16N2/c1-19-11-17-14-8-4-2-6-12(14)16(10-18)13-7-3-5-9-15(13)17/h2-9H,1,10-11,18H2. The van der Waals surface area contributed by atoms with Crippen molar-refractivity contribution in [1.82, 2.24) is 0 Å². The monoisotopic (exact) mass is 248 g/mol. The van der Waals surface area contributed by atoms with E-state index >= 15 is 0 Å². The van der Waals surface area contributed by atoms with E-state index in [4.69, 9.17) is 5.73 Å². The Bertz CT molecular complexity index is 703. The van der Waals surface area contributed by atoms with Crippen molar-refractivity contribution in [3.8, 4) is 0 Å². The van der Waals surface area contributed by atoms with Crippen LogP contribution in [0.1, 0.15) is 11.1 Å². The summed E-state index contributed by atoms with van der Waals surface area (Å²) in [6.45, 7) is 4.81. The van der Waals surface area contributed by atoms with Gasteiger partial charge < -0.3 is 5.73 Å². The first-order valence-corrected chi connectivity index (χ1v) is 6.40. The second kappa shape index (κ2) is 4.82. The van der Waals surface area contributed by atoms with Crippen LogP contribution in [0.2, 0.25) is 0 Å². The van der Waals surface area contributed by atoms with E-state index in [2.05, 4.69) is 60.2 Å². The van der Waals surface area contributed by atoms with Crippen molar-refractivity contribution in [2.75, 3.05) is 0 Å². The van der Waals surface area contributed by atoms with Gasteiger partial charge in [0.1, 0.15) is 0 Å². The van der Waals surface area contributed by atoms with Gasteiger partial charge in [0.2, 0.25) is 0 Å². The molecule has 0 aliphatic carbocycles. The minimum Gasteiger partial charge on any atom is -0.326 e. The smallest absolute Gasteiger partial charge is 0.0644 e. The molecule has 0 saturated heterocycles. The highest BCUT2D eigenvalue weighted by Crippen LogP contribution is 2.33. The predicted octanol–water partition coefficient (Wildman–Crippen LogP) is 3.65. The van der Waals surface area contributed by atoms with Gasteiger partial charge in [0.05, 0.1) is 6.54 Å². The second-order valence-electron chi connectivity index (χ2n) is 4.63. The van der Waals surface area contributed by atoms with Crippen LogP contribution in [-0.2, 0) is 13.1 Å². The first kappa shape index (κ1) is 11.9. The van der Waals surface area contributed by atoms with E-state index in [0.29, 0.717) is 13.1 Å². The van der Waals surface area contributed by atoms with Gasteiger partial charge in [0, 0.05) is 6.54 Å². The molecular weight excluding hydrogens is 232 g/mol. The van der Waals surface area contributed by atoms with Gasteiger partial charge in [-0.25, -0.2) is 0 Å². The zero-order valence-electron chi connectivity index (χ0n) is 10.8. The third-order valence-corrected chi connectivity index (χ3v) is 3.63. The Morgan fingerprint density at radius 3 is 1.58 bits per heavy atom. The van der Waals surface area contributed by atoms with Gasteiger partial charge in [-0.2, -0.15) is 0 Å². The molecule has 0 radical (unpaired) electrons. The Morgan fingerprint density at radius 2 is 1.21 bits per heavy atom. The molecule has 2 nitrogen and oxygen atoms in total. The number of nitrogens with two attached hydrogens (primary N) is 1. The molecule has 0 atom stereocenters. The molecule has 0 bridgehead atoms. The van der Waals surface area contributed by atoms with Crippen LogP contribution in [0.3, 0.4) is 0 Å². The lowest BCUT2D eigenvalue weighted by Crippen LogP contribution is -2.01. The maximum Gasteiger partial charge on any atom is 0.0644 e. The quantitative estimate of drug-likeness (QED) is 0.557. The van der Waals surface area contributed by atoms with Crippen molar-refractivity contribution >= 4 is 28.3 Å². The molecular formula is C17H16N2. The van der Waals surface area contributed by atoms with Gasteiger partial charge in [0.25, 0.3) is 0 Å². The minimum absolute atomic E-state index is 0.544. The fraction of sp³-hybridized carbons (Fsp3) is 0.118. The largest absolute Gasteiger partial charge is 0.326 e. The zero-order chi connectivity index (χ0) is 13.2. The van der Waals surface area contributed by atoms with E-state index in [1.807, 2.05) is 0 Å². The van der Waals surface area contributed by atoms with E-state index in [-0.39, 0.29) is 0 Å². The van der Waals surface area contributed by atoms with Gasteiger partial charge in [-0.3, -0.25) is 4.99 Å². The molecule has 3 rings (SSSR count). The van der Waals surface area contributed by atoms with E-state index in [0.717, 1.165) is 0 Å². The summed E-state index contributed by atoms with van der Waals surface area (Å²) in [5.74, 6) is 0. The van der Waals surface area contributed by atoms with Crippen molar-refractivity contribution in [1.29, 1.82) is 0 Å². The first-order valence-electron chi connectivity index (χ1n) is 6.40. The van der Waals surface area contributed by atoms with Crippen LogP contribution >= 0.6 is 0 Å². The molecule has 0 heterocycles. The van der Waals surface area contributed by atoms with Crippen molar-refractivity contribution in [2.24, 2.45) is 10.7 Å². The fourth-order valence-corrected chi connectivity index (χ4v) is 2.81. The Balaban J connectivity index is 2.57. The van der Waals surface area contributed by atoms with Crippen LogP contribution in [0, 0.1) is 0 Å². The summed E-state index contributed by atoms with van der Waals surface area (Å²) in [7, 11) is 0. The highest BCUT2D eigenvalue weighted by molar-refractivity contribution is 6.05. The molecule has 0 saturated carbocycles. The second-order valence-corrected chi connectivity index (χ2v) is 4.63. The summed E-state index contributed by atoms with van der Waals surface area (Å²) in [4.78, 5) is 4.08. The third kappa shape index (κ3) is 1.81. The summed E-state index contributed by atoms with van der Waals surface area (Å²) in [5, 5.41) is 4.91. The van der Waals surface area contributed by atoms with Crippen molar-refractivity contribution < 1.29 is 0 Å². The average Bonchev–Trinajstić information content (AvgIpc) is 2.47. The Hall–Kier alpha value is -2.19. The maximum atomic E-state index is 5.97. The third-order valence-electron chi connectivity index (χ3n) is 3.63. The lowest BCUT2D eigenvalue weighted by molar-refractivity contribution is 1.09. The summed E-state index contributed by atoms with van der Waals surface area (Å²) < 4.78 is 0. The van der Waals surface area contributed by atoms with Gasteiger partial charge in [-0.1, -0.05) is 48.5 Å². The molecule has 19 heavy (non-hydrogen) atoms. The Morgan fingerprint density at radius 1 is 0.789 bits per heavy atom. The van der Waals surface area contributed by atoms with Crippen LogP contribution in [0.4, 0.5) is 0 Å². The van der Waals surface area contributed by atoms with Crippen molar-refractivity contribution in [3.63, 3.8) is 0 Å². The molecule has 0 spiro atoms. The number of hydrogen-bond acceptors (Lipinski definition) is 2. The van der Waals surface area contributed by atoms with Gasteiger partial charge >= 0.3 is 0 Å². The maximum absolute atomic E-state index is 5.97. The number of aliphatic imine (C=N–C) groups is 1. The van der Waals surface area contributed by atoms with Crippen LogP contribution in [0.5, 0.6) is 0 Å². The summed E-state index contributed by atoms with van der Waals surface area (Å²) in [6.07, 6.45) is 0. The van der Waals surface area contributed by atoms with E-state index in [1.54, 1.807) is 0 Å². The average molecular weight is 248 g/mol. The molecule has 0 unspecified atom stereocenters. The van der Waals surface area contributed by atoms with E-state index in [1.165, 1.54) is 32.7 Å². The molecule has 0 amide bonds. The number of nitrogens with zero attached hydrogens (tertiary/aromatic N) is 1. The van der Waals surface area contributed by atoms with Gasteiger partial charge in [-0.15, -0.1) is 0 Å². The Labute approximate surface area is 112 Å². The van der Waals surface area contributed by atoms with Crippen molar-refractivity contribution in [3.05, 3.63) is 59.7 Å². The number of benzene rings is 3. The van der Waals surface area contributed by atoms with Gasteiger partial charge in [-0.05, 0) is 39.4 Å². The SMILES string of the molecule is C=NCc1c2ccccc2c(CN)c2ccccc12. The topological polar surface area (TPSA) is 38.4 Å². The molecule has 2 heteroatoms. The normalized spacial score (nSPS) is 11.0. The molecule has 3 aromatic carbocycles. The van der Waals surface area contributed by atoms with Crippen LogP contribution in [-0.4, -0.2) is 6.72 Å². The zero-order valence-corrected chi connectivity index (χ0v) is 10.8. The predicted molar refractivity (Wildman–Crippen MR) is 82.6 cm³/mol. The molecule has 94 valence electrons. The fourth-order valence-electron chi connectivity index (χ4n) is 2.81. The van der Waals surface area contributed by atoms with Crippen LogP contribution in [0.25, 0.3) is 21.5 Å².